The summed E-state index contributed by atoms with van der Waals surface area (Å²) in [6.45, 7) is 2.67. The molecule has 3 heteroatoms. The molecule has 0 fully saturated rings. The Hall–Kier alpha value is -2.31. The average molecular weight is 249 g/mol. The lowest BCUT2D eigenvalue weighted by Crippen LogP contribution is -2.02. The van der Waals surface area contributed by atoms with Crippen molar-refractivity contribution in [2.24, 2.45) is 0 Å². The molecule has 0 bridgehead atoms. The Morgan fingerprint density at radius 1 is 1.11 bits per heavy atom. The van der Waals surface area contributed by atoms with Crippen LogP contribution in [-0.4, -0.2) is 0 Å². The van der Waals surface area contributed by atoms with Gasteiger partial charge in [-0.2, -0.15) is 5.26 Å². The van der Waals surface area contributed by atoms with E-state index in [4.69, 9.17) is 5.26 Å². The second kappa shape index (κ2) is 5.13. The summed E-state index contributed by atoms with van der Waals surface area (Å²) >= 11 is 0. The van der Waals surface area contributed by atoms with Gasteiger partial charge in [0.25, 0.3) is 0 Å². The number of hydrogen-bond acceptors (Lipinski definition) is 3. The molecule has 1 heterocycles. The van der Waals surface area contributed by atoms with Gasteiger partial charge in [-0.15, -0.1) is 0 Å². The van der Waals surface area contributed by atoms with Gasteiger partial charge in [-0.3, -0.25) is 0 Å². The summed E-state index contributed by atoms with van der Waals surface area (Å²) in [6.07, 6.45) is 0. The molecule has 1 aliphatic rings. The van der Waals surface area contributed by atoms with Crippen molar-refractivity contribution in [3.05, 3.63) is 64.7 Å². The van der Waals surface area contributed by atoms with Gasteiger partial charge < -0.3 is 10.6 Å². The van der Waals surface area contributed by atoms with Crippen molar-refractivity contribution in [1.29, 1.82) is 5.26 Å². The predicted octanol–water partition coefficient (Wildman–Crippen LogP) is 2.77. The van der Waals surface area contributed by atoms with E-state index in [1.165, 1.54) is 16.7 Å². The molecule has 0 saturated heterocycles. The fourth-order valence-electron chi connectivity index (χ4n) is 2.39. The third kappa shape index (κ3) is 2.44. The Bertz CT molecular complexity index is 641. The van der Waals surface area contributed by atoms with E-state index in [9.17, 15) is 0 Å². The molecule has 0 spiro atoms. The van der Waals surface area contributed by atoms with Crippen molar-refractivity contribution in [3.63, 3.8) is 0 Å². The molecule has 0 amide bonds. The Labute approximate surface area is 112 Å². The molecular weight excluding hydrogens is 234 g/mol. The molecule has 3 nitrogen and oxygen atoms in total. The number of rotatable bonds is 3. The number of hydrogen-bond donors (Lipinski definition) is 2. The van der Waals surface area contributed by atoms with Gasteiger partial charge in [0.1, 0.15) is 6.07 Å². The SMILES string of the molecule is N#Cc1ccccc1NCc1ccc2c(c1)CNC2. The highest BCUT2D eigenvalue weighted by molar-refractivity contribution is 5.57. The lowest BCUT2D eigenvalue weighted by atomic mass is 10.1. The van der Waals surface area contributed by atoms with Gasteiger partial charge in [-0.25, -0.2) is 0 Å². The summed E-state index contributed by atoms with van der Waals surface area (Å²) in [5, 5.41) is 15.7. The lowest BCUT2D eigenvalue weighted by molar-refractivity contribution is 0.764. The summed E-state index contributed by atoms with van der Waals surface area (Å²) in [7, 11) is 0. The second-order valence-electron chi connectivity index (χ2n) is 4.72. The molecule has 1 aliphatic heterocycles. The predicted molar refractivity (Wildman–Crippen MR) is 75.5 cm³/mol. The van der Waals surface area contributed by atoms with Crippen molar-refractivity contribution in [2.45, 2.75) is 19.6 Å². The van der Waals surface area contributed by atoms with E-state index < -0.39 is 0 Å². The minimum absolute atomic E-state index is 0.685. The molecular formula is C16H15N3. The van der Waals surface area contributed by atoms with Crippen LogP contribution in [0.2, 0.25) is 0 Å². The van der Waals surface area contributed by atoms with E-state index in [-0.39, 0.29) is 0 Å². The zero-order valence-corrected chi connectivity index (χ0v) is 10.6. The summed E-state index contributed by atoms with van der Waals surface area (Å²) in [4.78, 5) is 0. The van der Waals surface area contributed by atoms with Crippen LogP contribution in [0.4, 0.5) is 5.69 Å². The molecule has 94 valence electrons. The zero-order chi connectivity index (χ0) is 13.1. The Morgan fingerprint density at radius 2 is 1.95 bits per heavy atom. The van der Waals surface area contributed by atoms with Crippen molar-refractivity contribution in [2.75, 3.05) is 5.32 Å². The summed E-state index contributed by atoms with van der Waals surface area (Å²) in [6, 6.07) is 16.4. The average Bonchev–Trinajstić information content (AvgIpc) is 2.93. The van der Waals surface area contributed by atoms with E-state index in [1.54, 1.807) is 0 Å². The van der Waals surface area contributed by atoms with Gasteiger partial charge >= 0.3 is 0 Å². The quantitative estimate of drug-likeness (QED) is 0.879. The third-order valence-corrected chi connectivity index (χ3v) is 3.43. The highest BCUT2D eigenvalue weighted by atomic mass is 14.9. The number of nitrogens with zero attached hydrogens (tertiary/aromatic N) is 1. The standard InChI is InChI=1S/C16H15N3/c17-8-13-3-1-2-4-16(13)19-9-12-5-6-14-10-18-11-15(14)7-12/h1-7,18-19H,9-11H2. The molecule has 0 atom stereocenters. The highest BCUT2D eigenvalue weighted by Crippen LogP contribution is 2.19. The zero-order valence-electron chi connectivity index (χ0n) is 10.6. The molecule has 0 aliphatic carbocycles. The number of nitrogens with one attached hydrogen (secondary N) is 2. The molecule has 0 aromatic heterocycles. The van der Waals surface area contributed by atoms with Crippen LogP contribution in [0.5, 0.6) is 0 Å². The fourth-order valence-corrected chi connectivity index (χ4v) is 2.39. The first kappa shape index (κ1) is 11.8. The molecule has 0 saturated carbocycles. The number of benzene rings is 2. The van der Waals surface area contributed by atoms with Gasteiger partial charge in [0.15, 0.2) is 0 Å². The van der Waals surface area contributed by atoms with Crippen LogP contribution < -0.4 is 10.6 Å². The minimum Gasteiger partial charge on any atom is -0.380 e. The fraction of sp³-hybridized carbons (Fsp3) is 0.188. The lowest BCUT2D eigenvalue weighted by Gasteiger charge is -2.09. The van der Waals surface area contributed by atoms with Crippen molar-refractivity contribution in [3.8, 4) is 6.07 Å². The molecule has 2 aromatic rings. The normalized spacial score (nSPS) is 12.8. The van der Waals surface area contributed by atoms with Crippen LogP contribution in [0.15, 0.2) is 42.5 Å². The van der Waals surface area contributed by atoms with Gasteiger partial charge in [0.05, 0.1) is 11.3 Å². The number of anilines is 1. The maximum absolute atomic E-state index is 9.04. The van der Waals surface area contributed by atoms with Crippen LogP contribution in [0.1, 0.15) is 22.3 Å². The molecule has 2 N–H and O–H groups in total. The number of nitriles is 1. The van der Waals surface area contributed by atoms with Crippen molar-refractivity contribution >= 4 is 5.69 Å². The largest absolute Gasteiger partial charge is 0.380 e. The summed E-state index contributed by atoms with van der Waals surface area (Å²) in [5.74, 6) is 0. The van der Waals surface area contributed by atoms with Gasteiger partial charge in [-0.1, -0.05) is 30.3 Å². The van der Waals surface area contributed by atoms with Gasteiger partial charge in [0, 0.05) is 19.6 Å². The highest BCUT2D eigenvalue weighted by Gasteiger charge is 2.09. The van der Waals surface area contributed by atoms with E-state index in [2.05, 4.69) is 34.9 Å². The van der Waals surface area contributed by atoms with Crippen molar-refractivity contribution < 1.29 is 0 Å². The van der Waals surface area contributed by atoms with Crippen molar-refractivity contribution in [1.82, 2.24) is 5.32 Å². The Balaban J connectivity index is 1.74. The minimum atomic E-state index is 0.685. The number of para-hydroxylation sites is 1. The van der Waals surface area contributed by atoms with E-state index >= 15 is 0 Å². The maximum Gasteiger partial charge on any atom is 0.101 e. The van der Waals surface area contributed by atoms with Crippen LogP contribution >= 0.6 is 0 Å². The first-order valence-electron chi connectivity index (χ1n) is 6.41. The van der Waals surface area contributed by atoms with Gasteiger partial charge in [0.2, 0.25) is 0 Å². The summed E-state index contributed by atoms with van der Waals surface area (Å²) in [5.41, 5.74) is 5.60. The molecule has 0 radical (unpaired) electrons. The summed E-state index contributed by atoms with van der Waals surface area (Å²) < 4.78 is 0. The monoisotopic (exact) mass is 249 g/mol. The smallest absolute Gasteiger partial charge is 0.101 e. The Morgan fingerprint density at radius 3 is 2.84 bits per heavy atom. The topological polar surface area (TPSA) is 47.9 Å². The van der Waals surface area contributed by atoms with E-state index in [0.717, 1.165) is 25.3 Å². The third-order valence-electron chi connectivity index (χ3n) is 3.43. The molecule has 0 unspecified atom stereocenters. The molecule has 2 aromatic carbocycles. The van der Waals surface area contributed by atoms with Crippen LogP contribution in [0.3, 0.4) is 0 Å². The molecule has 19 heavy (non-hydrogen) atoms. The molecule has 3 rings (SSSR count). The van der Waals surface area contributed by atoms with Gasteiger partial charge in [-0.05, 0) is 28.8 Å². The Kier molecular flexibility index (Phi) is 3.18. The van der Waals surface area contributed by atoms with Crippen LogP contribution in [0, 0.1) is 11.3 Å². The van der Waals surface area contributed by atoms with E-state index in [1.807, 2.05) is 24.3 Å². The van der Waals surface area contributed by atoms with Crippen LogP contribution in [-0.2, 0) is 19.6 Å². The maximum atomic E-state index is 9.04. The first-order valence-corrected chi connectivity index (χ1v) is 6.41. The van der Waals surface area contributed by atoms with Crippen LogP contribution in [0.25, 0.3) is 0 Å². The van der Waals surface area contributed by atoms with E-state index in [0.29, 0.717) is 5.56 Å². The first-order chi connectivity index (χ1) is 9.36. The number of fused-ring (bicyclic) bond motifs is 1. The second-order valence-corrected chi connectivity index (χ2v) is 4.72.